The quantitative estimate of drug-likeness (QED) is 0.642. The van der Waals surface area contributed by atoms with Crippen LogP contribution in [0.2, 0.25) is 0 Å². The molecule has 0 fully saturated rings. The average Bonchev–Trinajstić information content (AvgIpc) is 3.07. The Morgan fingerprint density at radius 3 is 1.70 bits per heavy atom. The number of aromatic amines is 1. The molecule has 2 bridgehead atoms. The Labute approximate surface area is 162 Å². The summed E-state index contributed by atoms with van der Waals surface area (Å²) in [6, 6.07) is 2.46. The van der Waals surface area contributed by atoms with Gasteiger partial charge < -0.3 is 0 Å². The van der Waals surface area contributed by atoms with Crippen molar-refractivity contribution in [2.45, 2.75) is 71.6 Å². The Morgan fingerprint density at radius 1 is 0.852 bits per heavy atom. The molecule has 0 aliphatic heterocycles. The molecule has 1 N–H and O–H groups in total. The number of rotatable bonds is 1. The zero-order valence-corrected chi connectivity index (χ0v) is 16.8. The normalized spacial score (nSPS) is 15.9. The zero-order valence-electron chi connectivity index (χ0n) is 16.0. The van der Waals surface area contributed by atoms with Crippen LogP contribution in [0.3, 0.4) is 0 Å². The maximum Gasteiger partial charge on any atom is 0.401 e. The molecule has 8 heteroatoms. The predicted octanol–water partition coefficient (Wildman–Crippen LogP) is -0.623. The number of H-pyrrole nitrogens is 1. The Bertz CT molecular complexity index is 674. The molecular weight excluding hydrogens is 370 g/mol. The third kappa shape index (κ3) is 7.20. The number of hydrogen-bond donors (Lipinski definition) is 1. The summed E-state index contributed by atoms with van der Waals surface area (Å²) in [4.78, 5) is 7.76. The van der Waals surface area contributed by atoms with Crippen LogP contribution in [0.4, 0.5) is 0 Å². The standard InChI is InChI=1S/C19H28N3.ClHO4/c1-15-17-10-8-6-4-3-5-7-9-11-18(14-17)16(2)22(15)19-20-12-13-21-19;2-1(3,4)5/h12-14H,3-11H2,1-2H3,(H,20,21);(H,2,3,4,5)/q+1;/p-1. The molecule has 1 aliphatic carbocycles. The molecule has 0 spiro atoms. The number of aromatic nitrogens is 3. The second kappa shape index (κ2) is 10.1. The summed E-state index contributed by atoms with van der Waals surface area (Å²) in [5.41, 5.74) is 5.68. The van der Waals surface area contributed by atoms with E-state index in [1.54, 1.807) is 0 Å². The Kier molecular flexibility index (Phi) is 8.19. The van der Waals surface area contributed by atoms with E-state index >= 15 is 0 Å². The summed E-state index contributed by atoms with van der Waals surface area (Å²) in [7, 11) is -4.94. The number of pyridine rings is 1. The highest BCUT2D eigenvalue weighted by Gasteiger charge is 2.19. The highest BCUT2D eigenvalue weighted by molar-refractivity contribution is 5.27. The van der Waals surface area contributed by atoms with Gasteiger partial charge in [0.15, 0.2) is 0 Å². The van der Waals surface area contributed by atoms with E-state index in [0.717, 1.165) is 5.95 Å². The van der Waals surface area contributed by atoms with Crippen molar-refractivity contribution in [3.63, 3.8) is 0 Å². The second-order valence-electron chi connectivity index (χ2n) is 6.97. The van der Waals surface area contributed by atoms with E-state index in [1.807, 2.05) is 12.4 Å². The number of nitrogens with one attached hydrogen (secondary N) is 1. The number of halogens is 1. The van der Waals surface area contributed by atoms with E-state index in [0.29, 0.717) is 0 Å². The maximum absolute atomic E-state index is 8.49. The fourth-order valence-corrected chi connectivity index (χ4v) is 3.68. The second-order valence-corrected chi connectivity index (χ2v) is 7.72. The molecule has 0 aromatic carbocycles. The summed E-state index contributed by atoms with van der Waals surface area (Å²) < 4.78 is 36.3. The number of aryl methyl sites for hydroxylation is 2. The van der Waals surface area contributed by atoms with Gasteiger partial charge in [-0.25, -0.2) is 28.2 Å². The van der Waals surface area contributed by atoms with Gasteiger partial charge in [0.1, 0.15) is 6.20 Å². The van der Waals surface area contributed by atoms with Gasteiger partial charge in [0.05, 0.1) is 17.6 Å². The maximum atomic E-state index is 8.49. The fourth-order valence-electron chi connectivity index (χ4n) is 3.68. The number of hydrogen-bond acceptors (Lipinski definition) is 5. The Balaban J connectivity index is 0.000000465. The first kappa shape index (κ1) is 21.8. The van der Waals surface area contributed by atoms with Crippen LogP contribution in [0.25, 0.3) is 5.95 Å². The van der Waals surface area contributed by atoms with E-state index in [-0.39, 0.29) is 0 Å². The molecule has 2 aromatic rings. The molecule has 0 radical (unpaired) electrons. The van der Waals surface area contributed by atoms with E-state index in [1.165, 1.54) is 80.3 Å². The molecule has 3 rings (SSSR count). The van der Waals surface area contributed by atoms with Crippen LogP contribution in [0.1, 0.15) is 67.5 Å². The van der Waals surface area contributed by atoms with Gasteiger partial charge >= 0.3 is 5.95 Å². The van der Waals surface area contributed by atoms with Gasteiger partial charge in [0.2, 0.25) is 0 Å². The molecule has 0 atom stereocenters. The van der Waals surface area contributed by atoms with Crippen molar-refractivity contribution in [3.05, 3.63) is 41.0 Å². The first-order chi connectivity index (χ1) is 12.8. The Morgan fingerprint density at radius 2 is 1.30 bits per heavy atom. The van der Waals surface area contributed by atoms with Crippen LogP contribution in [-0.4, -0.2) is 9.97 Å². The molecule has 0 amide bonds. The van der Waals surface area contributed by atoms with Gasteiger partial charge in [-0.1, -0.05) is 37.1 Å². The largest absolute Gasteiger partial charge is 0.401 e. The zero-order chi connectivity index (χ0) is 19.9. The van der Waals surface area contributed by atoms with Gasteiger partial charge in [-0.2, -0.15) is 0 Å². The van der Waals surface area contributed by atoms with Crippen LogP contribution in [0.5, 0.6) is 0 Å². The molecule has 2 heterocycles. The molecule has 0 saturated heterocycles. The number of fused-ring (bicyclic) bond motifs is 2. The lowest BCUT2D eigenvalue weighted by atomic mass is 9.96. The monoisotopic (exact) mass is 397 g/mol. The van der Waals surface area contributed by atoms with Gasteiger partial charge in [-0.3, -0.25) is 0 Å². The molecule has 150 valence electrons. The van der Waals surface area contributed by atoms with Gasteiger partial charge in [-0.15, -0.1) is 10.2 Å². The minimum absolute atomic E-state index is 0.949. The third-order valence-corrected chi connectivity index (χ3v) is 5.04. The molecule has 1 aliphatic rings. The summed E-state index contributed by atoms with van der Waals surface area (Å²) in [6.45, 7) is 4.47. The van der Waals surface area contributed by atoms with Crippen LogP contribution in [0, 0.1) is 24.1 Å². The fraction of sp³-hybridized carbons (Fsp3) is 0.579. The lowest BCUT2D eigenvalue weighted by molar-refractivity contribution is -2.00. The smallest absolute Gasteiger partial charge is 0.245 e. The SMILES string of the molecule is Cc1c2cc(c(C)[n+]1-c1ncc[nH]1)CCCCCCCCC2.[O-][Cl+3]([O-])([O-])[O-]. The van der Waals surface area contributed by atoms with Crippen molar-refractivity contribution in [2.75, 3.05) is 0 Å². The molecule has 0 unspecified atom stereocenters. The third-order valence-electron chi connectivity index (χ3n) is 5.04. The van der Waals surface area contributed by atoms with Crippen molar-refractivity contribution in [3.8, 4) is 5.95 Å². The van der Waals surface area contributed by atoms with Crippen LogP contribution in [0.15, 0.2) is 18.5 Å². The van der Waals surface area contributed by atoms with E-state index < -0.39 is 10.2 Å². The lowest BCUT2D eigenvalue weighted by Crippen LogP contribution is -2.68. The van der Waals surface area contributed by atoms with Crippen LogP contribution < -0.4 is 23.2 Å². The first-order valence-electron chi connectivity index (χ1n) is 9.43. The molecule has 0 saturated carbocycles. The first-order valence-corrected chi connectivity index (χ1v) is 10.7. The van der Waals surface area contributed by atoms with Crippen molar-refractivity contribution < 1.29 is 33.4 Å². The van der Waals surface area contributed by atoms with Crippen molar-refractivity contribution in [1.29, 1.82) is 0 Å². The minimum Gasteiger partial charge on any atom is -0.245 e. The minimum atomic E-state index is -4.94. The summed E-state index contributed by atoms with van der Waals surface area (Å²) >= 11 is 0. The molecule has 2 aromatic heterocycles. The van der Waals surface area contributed by atoms with Crippen molar-refractivity contribution in [2.24, 2.45) is 0 Å². The van der Waals surface area contributed by atoms with Gasteiger partial charge in [0, 0.05) is 0 Å². The topological polar surface area (TPSA) is 125 Å². The molecule has 27 heavy (non-hydrogen) atoms. The Hall–Kier alpha value is -1.51. The van der Waals surface area contributed by atoms with Gasteiger partial charge in [-0.05, 0) is 56.7 Å². The van der Waals surface area contributed by atoms with E-state index in [9.17, 15) is 0 Å². The van der Waals surface area contributed by atoms with E-state index in [2.05, 4.69) is 34.4 Å². The summed E-state index contributed by atoms with van der Waals surface area (Å²) in [5, 5.41) is 0. The number of nitrogens with zero attached hydrogens (tertiary/aromatic N) is 2. The van der Waals surface area contributed by atoms with Crippen LogP contribution >= 0.6 is 0 Å². The van der Waals surface area contributed by atoms with Crippen molar-refractivity contribution >= 4 is 0 Å². The highest BCUT2D eigenvalue weighted by atomic mass is 35.7. The van der Waals surface area contributed by atoms with Crippen molar-refractivity contribution in [1.82, 2.24) is 9.97 Å². The predicted molar refractivity (Wildman–Crippen MR) is 89.3 cm³/mol. The summed E-state index contributed by atoms with van der Waals surface area (Å²) in [6.07, 6.45) is 15.7. The van der Waals surface area contributed by atoms with Crippen LogP contribution in [-0.2, 0) is 12.8 Å². The molecule has 7 nitrogen and oxygen atoms in total. The summed E-state index contributed by atoms with van der Waals surface area (Å²) in [5.74, 6) is 0.949. The van der Waals surface area contributed by atoms with E-state index in [4.69, 9.17) is 18.6 Å². The average molecular weight is 398 g/mol. The highest BCUT2D eigenvalue weighted by Crippen LogP contribution is 2.20. The lowest BCUT2D eigenvalue weighted by Gasteiger charge is -2.17. The van der Waals surface area contributed by atoms with Gasteiger partial charge in [0.25, 0.3) is 0 Å². The molecular formula is C19H28ClN3O4. The number of imidazole rings is 1.